The van der Waals surface area contributed by atoms with E-state index in [1.165, 1.54) is 37.4 Å². The summed E-state index contributed by atoms with van der Waals surface area (Å²) in [6.45, 7) is 0. The maximum absolute atomic E-state index is 5.52. The van der Waals surface area contributed by atoms with Gasteiger partial charge in [-0.3, -0.25) is 0 Å². The fourth-order valence-electron chi connectivity index (χ4n) is 8.98. The molecule has 0 saturated carbocycles. The molecule has 61 heavy (non-hydrogen) atoms. The van der Waals surface area contributed by atoms with Crippen LogP contribution in [0, 0.1) is 0 Å². The van der Waals surface area contributed by atoms with E-state index in [4.69, 9.17) is 15.0 Å². The first-order valence-corrected chi connectivity index (χ1v) is 21.4. The van der Waals surface area contributed by atoms with E-state index in [0.717, 1.165) is 65.2 Å². The van der Waals surface area contributed by atoms with E-state index in [1.807, 2.05) is 0 Å². The molecule has 0 radical (unpaired) electrons. The maximum Gasteiger partial charge on any atom is 0.165 e. The van der Waals surface area contributed by atoms with Crippen LogP contribution in [-0.2, 0) is 0 Å². The lowest BCUT2D eigenvalue weighted by Crippen LogP contribution is -2.02. The van der Waals surface area contributed by atoms with E-state index < -0.39 is 0 Å². The Balaban J connectivity index is 1.12. The van der Waals surface area contributed by atoms with Crippen LogP contribution in [0.25, 0.3) is 120 Å². The molecule has 0 aliphatic rings. The molecule has 12 aromatic rings. The highest BCUT2D eigenvalue weighted by Gasteiger charge is 2.22. The fraction of sp³-hybridized carbons (Fsp3) is 0. The van der Waals surface area contributed by atoms with Gasteiger partial charge in [0.2, 0.25) is 0 Å². The van der Waals surface area contributed by atoms with Gasteiger partial charge in [-0.25, -0.2) is 15.0 Å². The molecule has 0 amide bonds. The van der Waals surface area contributed by atoms with Gasteiger partial charge in [-0.2, -0.15) is 0 Å². The lowest BCUT2D eigenvalue weighted by molar-refractivity contribution is 1.08. The molecule has 3 nitrogen and oxygen atoms in total. The van der Waals surface area contributed by atoms with Gasteiger partial charge < -0.3 is 0 Å². The van der Waals surface area contributed by atoms with Crippen LogP contribution in [0.1, 0.15) is 0 Å². The zero-order valence-corrected chi connectivity index (χ0v) is 33.8. The molecule has 0 unspecified atom stereocenters. The number of thiophene rings is 1. The highest BCUT2D eigenvalue weighted by Crippen LogP contribution is 2.43. The average Bonchev–Trinajstić information content (AvgIpc) is 3.72. The Morgan fingerprint density at radius 2 is 0.787 bits per heavy atom. The molecule has 0 N–H and O–H groups in total. The molecule has 2 heterocycles. The Labute approximate surface area is 356 Å². The van der Waals surface area contributed by atoms with Crippen LogP contribution in [0.2, 0.25) is 0 Å². The van der Waals surface area contributed by atoms with Gasteiger partial charge in [0.15, 0.2) is 17.5 Å². The summed E-state index contributed by atoms with van der Waals surface area (Å²) in [6.07, 6.45) is 0. The SMILES string of the molecule is c1ccc(-c2ccc(-c3ccc4cccc(-c5nc(-c6c(-c7cccc8ccccc78)ccc7ccccc67)nc(-c6cccc7c6sc6ccccc67)n5)c4c3)cc2)cc1. The van der Waals surface area contributed by atoms with Crippen LogP contribution < -0.4 is 0 Å². The smallest absolute Gasteiger partial charge is 0.165 e. The third-order valence-corrected chi connectivity index (χ3v) is 13.2. The molecule has 4 heteroatoms. The van der Waals surface area contributed by atoms with Crippen molar-refractivity contribution in [3.8, 4) is 67.5 Å². The Hall–Kier alpha value is -7.79. The van der Waals surface area contributed by atoms with E-state index in [-0.39, 0.29) is 0 Å². The maximum atomic E-state index is 5.52. The molecule has 0 aliphatic heterocycles. The van der Waals surface area contributed by atoms with Gasteiger partial charge in [0, 0.05) is 36.9 Å². The van der Waals surface area contributed by atoms with Gasteiger partial charge in [-0.1, -0.05) is 194 Å². The zero-order valence-electron chi connectivity index (χ0n) is 33.0. The third kappa shape index (κ3) is 6.07. The molecule has 0 aliphatic carbocycles. The molecular formula is C57H35N3S. The molecule has 0 bridgehead atoms. The van der Waals surface area contributed by atoms with Crippen molar-refractivity contribution in [3.05, 3.63) is 212 Å². The number of nitrogens with zero attached hydrogens (tertiary/aromatic N) is 3. The number of hydrogen-bond donors (Lipinski definition) is 0. The summed E-state index contributed by atoms with van der Waals surface area (Å²) in [7, 11) is 0. The average molecular weight is 794 g/mol. The third-order valence-electron chi connectivity index (χ3n) is 12.0. The van der Waals surface area contributed by atoms with Crippen molar-refractivity contribution >= 4 is 63.8 Å². The lowest BCUT2D eigenvalue weighted by Gasteiger charge is -2.17. The molecule has 0 atom stereocenters. The highest BCUT2D eigenvalue weighted by molar-refractivity contribution is 7.26. The molecular weight excluding hydrogens is 759 g/mol. The largest absolute Gasteiger partial charge is 0.208 e. The van der Waals surface area contributed by atoms with Crippen molar-refractivity contribution in [2.45, 2.75) is 0 Å². The van der Waals surface area contributed by atoms with Gasteiger partial charge in [-0.05, 0) is 83.9 Å². The number of rotatable bonds is 6. The first-order valence-electron chi connectivity index (χ1n) is 20.6. The molecule has 2 aromatic heterocycles. The van der Waals surface area contributed by atoms with Crippen molar-refractivity contribution in [1.29, 1.82) is 0 Å². The number of aromatic nitrogens is 3. The van der Waals surface area contributed by atoms with Gasteiger partial charge in [-0.15, -0.1) is 11.3 Å². The predicted molar refractivity (Wildman–Crippen MR) is 258 cm³/mol. The van der Waals surface area contributed by atoms with Gasteiger partial charge in [0.25, 0.3) is 0 Å². The van der Waals surface area contributed by atoms with E-state index in [9.17, 15) is 0 Å². The Morgan fingerprint density at radius 1 is 0.279 bits per heavy atom. The van der Waals surface area contributed by atoms with Crippen molar-refractivity contribution in [3.63, 3.8) is 0 Å². The minimum Gasteiger partial charge on any atom is -0.208 e. The summed E-state index contributed by atoms with van der Waals surface area (Å²) in [5.74, 6) is 1.93. The first kappa shape index (κ1) is 35.2. The van der Waals surface area contributed by atoms with Gasteiger partial charge in [0.1, 0.15) is 0 Å². The van der Waals surface area contributed by atoms with Gasteiger partial charge >= 0.3 is 0 Å². The van der Waals surface area contributed by atoms with Crippen molar-refractivity contribution in [2.75, 3.05) is 0 Å². The fourth-order valence-corrected chi connectivity index (χ4v) is 10.2. The molecule has 12 rings (SSSR count). The monoisotopic (exact) mass is 793 g/mol. The second-order valence-corrected chi connectivity index (χ2v) is 16.6. The minimum atomic E-state index is 0.636. The summed E-state index contributed by atoms with van der Waals surface area (Å²) >= 11 is 1.79. The predicted octanol–water partition coefficient (Wildman–Crippen LogP) is 15.7. The van der Waals surface area contributed by atoms with Crippen LogP contribution >= 0.6 is 11.3 Å². The molecule has 284 valence electrons. The minimum absolute atomic E-state index is 0.636. The molecule has 10 aromatic carbocycles. The van der Waals surface area contributed by atoms with E-state index >= 15 is 0 Å². The van der Waals surface area contributed by atoms with Crippen molar-refractivity contribution in [2.24, 2.45) is 0 Å². The Morgan fingerprint density at radius 3 is 1.59 bits per heavy atom. The quantitative estimate of drug-likeness (QED) is 0.168. The van der Waals surface area contributed by atoms with Gasteiger partial charge in [0.05, 0.1) is 0 Å². The molecule has 0 spiro atoms. The van der Waals surface area contributed by atoms with Crippen LogP contribution in [-0.4, -0.2) is 15.0 Å². The van der Waals surface area contributed by atoms with Crippen LogP contribution in [0.5, 0.6) is 0 Å². The molecule has 0 fully saturated rings. The van der Waals surface area contributed by atoms with Crippen LogP contribution in [0.15, 0.2) is 212 Å². The van der Waals surface area contributed by atoms with Crippen molar-refractivity contribution in [1.82, 2.24) is 15.0 Å². The Kier molecular flexibility index (Phi) is 8.36. The summed E-state index contributed by atoms with van der Waals surface area (Å²) in [4.78, 5) is 16.5. The van der Waals surface area contributed by atoms with E-state index in [1.54, 1.807) is 11.3 Å². The summed E-state index contributed by atoms with van der Waals surface area (Å²) < 4.78 is 2.41. The standard InChI is InChI=1S/C57H35N3S/c1-2-13-36(14-3-1)37-27-29-38(30-28-37)42-32-31-41-18-11-24-49(51(41)35-42)55-58-56(50-25-12-23-48-46-21-8-9-26-52(46)61-54(48)50)60-57(59-55)53-44-20-7-5-16-40(44)33-34-47(53)45-22-10-17-39-15-4-6-19-43(39)45/h1-35H. The number of benzene rings is 10. The second kappa shape index (κ2) is 14.5. The van der Waals surface area contributed by atoms with E-state index in [0.29, 0.717) is 17.5 Å². The Bertz CT molecular complexity index is 3640. The van der Waals surface area contributed by atoms with Crippen LogP contribution in [0.4, 0.5) is 0 Å². The molecule has 0 saturated heterocycles. The van der Waals surface area contributed by atoms with Crippen LogP contribution in [0.3, 0.4) is 0 Å². The second-order valence-electron chi connectivity index (χ2n) is 15.5. The zero-order chi connectivity index (χ0) is 40.3. The summed E-state index contributed by atoms with van der Waals surface area (Å²) in [5, 5.41) is 9.25. The highest BCUT2D eigenvalue weighted by atomic mass is 32.1. The first-order chi connectivity index (χ1) is 30.2. The number of hydrogen-bond acceptors (Lipinski definition) is 4. The number of fused-ring (bicyclic) bond motifs is 6. The topological polar surface area (TPSA) is 38.7 Å². The summed E-state index contributed by atoms with van der Waals surface area (Å²) in [5.41, 5.74) is 9.85. The lowest BCUT2D eigenvalue weighted by atomic mass is 9.90. The normalized spacial score (nSPS) is 11.6. The van der Waals surface area contributed by atoms with Crippen molar-refractivity contribution < 1.29 is 0 Å². The summed E-state index contributed by atoms with van der Waals surface area (Å²) in [6, 6.07) is 75.8. The van der Waals surface area contributed by atoms with E-state index in [2.05, 4.69) is 212 Å².